The highest BCUT2D eigenvalue weighted by Gasteiger charge is 2.52. The molecule has 0 aliphatic carbocycles. The molecule has 0 spiro atoms. The van der Waals surface area contributed by atoms with Crippen LogP contribution in [0.25, 0.3) is 0 Å². The number of hydrogen-bond acceptors (Lipinski definition) is 4. The minimum absolute atomic E-state index is 0.175. The molecule has 6 heteroatoms. The number of piperidine rings is 1. The maximum atomic E-state index is 12.0. The Morgan fingerprint density at radius 3 is 2.63 bits per heavy atom. The van der Waals surface area contributed by atoms with Gasteiger partial charge in [-0.25, -0.2) is 4.79 Å². The molecule has 1 amide bonds. The van der Waals surface area contributed by atoms with Crippen molar-refractivity contribution in [2.24, 2.45) is 5.41 Å². The standard InChI is InChI=1S/C13H22N2O4/c1-12(2,3)19-11(18)15-7-5-13(10(16)17)4-6-14-9(13)8-15/h9,14H,4-8H2,1-3H3,(H,16,17). The van der Waals surface area contributed by atoms with Gasteiger partial charge in [0.25, 0.3) is 0 Å². The van der Waals surface area contributed by atoms with E-state index in [-0.39, 0.29) is 12.1 Å². The number of rotatable bonds is 1. The van der Waals surface area contributed by atoms with Gasteiger partial charge in [-0.2, -0.15) is 0 Å². The van der Waals surface area contributed by atoms with Crippen molar-refractivity contribution in [1.29, 1.82) is 0 Å². The monoisotopic (exact) mass is 270 g/mol. The quantitative estimate of drug-likeness (QED) is 0.745. The fourth-order valence-corrected chi connectivity index (χ4v) is 2.88. The number of hydrogen-bond donors (Lipinski definition) is 2. The first-order valence-electron chi connectivity index (χ1n) is 6.69. The third-order valence-electron chi connectivity index (χ3n) is 3.94. The lowest BCUT2D eigenvalue weighted by molar-refractivity contribution is -0.152. The Morgan fingerprint density at radius 2 is 2.05 bits per heavy atom. The molecule has 0 radical (unpaired) electrons. The SMILES string of the molecule is CC(C)(C)OC(=O)N1CCC2(C(=O)O)CCNC2C1. The Bertz CT molecular complexity index is 391. The molecule has 2 aliphatic rings. The van der Waals surface area contributed by atoms with Crippen LogP contribution in [0.2, 0.25) is 0 Å². The van der Waals surface area contributed by atoms with Gasteiger partial charge in [0.05, 0.1) is 5.41 Å². The number of amides is 1. The molecule has 2 heterocycles. The summed E-state index contributed by atoms with van der Waals surface area (Å²) >= 11 is 0. The third-order valence-corrected chi connectivity index (χ3v) is 3.94. The maximum Gasteiger partial charge on any atom is 0.410 e. The molecule has 2 saturated heterocycles. The zero-order valence-electron chi connectivity index (χ0n) is 11.7. The van der Waals surface area contributed by atoms with Crippen LogP contribution in [0.15, 0.2) is 0 Å². The zero-order valence-corrected chi connectivity index (χ0v) is 11.7. The van der Waals surface area contributed by atoms with E-state index in [9.17, 15) is 14.7 Å². The number of nitrogens with zero attached hydrogens (tertiary/aromatic N) is 1. The van der Waals surface area contributed by atoms with Crippen molar-refractivity contribution in [2.45, 2.75) is 45.3 Å². The van der Waals surface area contributed by atoms with Gasteiger partial charge in [0.15, 0.2) is 0 Å². The molecule has 2 rings (SSSR count). The van der Waals surface area contributed by atoms with E-state index < -0.39 is 17.0 Å². The lowest BCUT2D eigenvalue weighted by Crippen LogP contribution is -2.57. The van der Waals surface area contributed by atoms with Gasteiger partial charge in [-0.05, 0) is 40.2 Å². The summed E-state index contributed by atoms with van der Waals surface area (Å²) in [5.41, 5.74) is -1.24. The second-order valence-electron chi connectivity index (χ2n) is 6.39. The average molecular weight is 270 g/mol. The Morgan fingerprint density at radius 1 is 1.37 bits per heavy atom. The summed E-state index contributed by atoms with van der Waals surface area (Å²) in [4.78, 5) is 25.1. The van der Waals surface area contributed by atoms with Gasteiger partial charge < -0.3 is 20.1 Å². The normalized spacial score (nSPS) is 30.9. The molecule has 19 heavy (non-hydrogen) atoms. The van der Waals surface area contributed by atoms with Crippen molar-refractivity contribution in [3.63, 3.8) is 0 Å². The van der Waals surface area contributed by atoms with Crippen LogP contribution in [-0.2, 0) is 9.53 Å². The maximum absolute atomic E-state index is 12.0. The summed E-state index contributed by atoms with van der Waals surface area (Å²) in [5, 5.41) is 12.6. The minimum Gasteiger partial charge on any atom is -0.481 e. The summed E-state index contributed by atoms with van der Waals surface area (Å²) in [5.74, 6) is -0.758. The number of likely N-dealkylation sites (tertiary alicyclic amines) is 1. The second kappa shape index (κ2) is 4.67. The van der Waals surface area contributed by atoms with Crippen LogP contribution >= 0.6 is 0 Å². The van der Waals surface area contributed by atoms with E-state index in [1.54, 1.807) is 4.90 Å². The van der Waals surface area contributed by atoms with Crippen LogP contribution in [0.4, 0.5) is 4.79 Å². The predicted molar refractivity (Wildman–Crippen MR) is 68.9 cm³/mol. The molecule has 2 aliphatic heterocycles. The summed E-state index contributed by atoms with van der Waals surface area (Å²) in [6.45, 7) is 7.01. The van der Waals surface area contributed by atoms with Gasteiger partial charge >= 0.3 is 12.1 Å². The Labute approximate surface area is 113 Å². The summed E-state index contributed by atoms with van der Waals surface area (Å²) < 4.78 is 5.33. The molecule has 0 aromatic carbocycles. The molecule has 2 unspecified atom stereocenters. The summed E-state index contributed by atoms with van der Waals surface area (Å²) in [6, 6.07) is -0.175. The second-order valence-corrected chi connectivity index (χ2v) is 6.39. The van der Waals surface area contributed by atoms with E-state index in [2.05, 4.69) is 5.32 Å². The molecular formula is C13H22N2O4. The predicted octanol–water partition coefficient (Wildman–Crippen LogP) is 1.06. The average Bonchev–Trinajstić information content (AvgIpc) is 2.70. The van der Waals surface area contributed by atoms with Gasteiger partial charge in [-0.15, -0.1) is 0 Å². The molecule has 2 fully saturated rings. The highest BCUT2D eigenvalue weighted by atomic mass is 16.6. The molecule has 0 bridgehead atoms. The number of ether oxygens (including phenoxy) is 1. The van der Waals surface area contributed by atoms with E-state index in [0.717, 1.165) is 0 Å². The van der Waals surface area contributed by atoms with E-state index in [1.807, 2.05) is 20.8 Å². The molecule has 6 nitrogen and oxygen atoms in total. The largest absolute Gasteiger partial charge is 0.481 e. The Balaban J connectivity index is 2.04. The molecule has 0 aromatic rings. The lowest BCUT2D eigenvalue weighted by atomic mass is 9.75. The Kier molecular flexibility index (Phi) is 3.47. The highest BCUT2D eigenvalue weighted by molar-refractivity contribution is 5.77. The number of carboxylic acids is 1. The topological polar surface area (TPSA) is 78.9 Å². The lowest BCUT2D eigenvalue weighted by Gasteiger charge is -2.41. The van der Waals surface area contributed by atoms with Crippen molar-refractivity contribution in [3.8, 4) is 0 Å². The number of nitrogens with one attached hydrogen (secondary N) is 1. The number of fused-ring (bicyclic) bond motifs is 1. The number of carbonyl (C=O) groups excluding carboxylic acids is 1. The third kappa shape index (κ3) is 2.68. The van der Waals surface area contributed by atoms with Crippen LogP contribution < -0.4 is 5.32 Å². The van der Waals surface area contributed by atoms with Crippen molar-refractivity contribution in [3.05, 3.63) is 0 Å². The molecule has 0 aromatic heterocycles. The number of carbonyl (C=O) groups is 2. The van der Waals surface area contributed by atoms with E-state index in [1.165, 1.54) is 0 Å². The van der Waals surface area contributed by atoms with Gasteiger partial charge in [0, 0.05) is 19.1 Å². The van der Waals surface area contributed by atoms with E-state index >= 15 is 0 Å². The molecule has 0 saturated carbocycles. The van der Waals surface area contributed by atoms with Crippen LogP contribution in [0, 0.1) is 5.41 Å². The number of carboxylic acid groups (broad SMARTS) is 1. The smallest absolute Gasteiger partial charge is 0.410 e. The van der Waals surface area contributed by atoms with Gasteiger partial charge in [0.2, 0.25) is 0 Å². The Hall–Kier alpha value is -1.30. The zero-order chi connectivity index (χ0) is 14.3. The van der Waals surface area contributed by atoms with Gasteiger partial charge in [0.1, 0.15) is 5.60 Å². The van der Waals surface area contributed by atoms with Crippen molar-refractivity contribution in [1.82, 2.24) is 10.2 Å². The van der Waals surface area contributed by atoms with E-state index in [0.29, 0.717) is 32.5 Å². The first kappa shape index (κ1) is 14.1. The molecular weight excluding hydrogens is 248 g/mol. The number of aliphatic carboxylic acids is 1. The van der Waals surface area contributed by atoms with Gasteiger partial charge in [-0.1, -0.05) is 0 Å². The molecule has 2 N–H and O–H groups in total. The van der Waals surface area contributed by atoms with E-state index in [4.69, 9.17) is 4.74 Å². The molecule has 2 atom stereocenters. The van der Waals surface area contributed by atoms with Crippen molar-refractivity contribution in [2.75, 3.05) is 19.6 Å². The van der Waals surface area contributed by atoms with Crippen LogP contribution in [-0.4, -0.2) is 53.3 Å². The summed E-state index contributed by atoms with van der Waals surface area (Å²) in [7, 11) is 0. The van der Waals surface area contributed by atoms with Crippen LogP contribution in [0.1, 0.15) is 33.6 Å². The fourth-order valence-electron chi connectivity index (χ4n) is 2.88. The summed E-state index contributed by atoms with van der Waals surface area (Å²) in [6.07, 6.45) is 0.759. The fraction of sp³-hybridized carbons (Fsp3) is 0.846. The highest BCUT2D eigenvalue weighted by Crippen LogP contribution is 2.39. The minimum atomic E-state index is -0.758. The van der Waals surface area contributed by atoms with Gasteiger partial charge in [-0.3, -0.25) is 4.79 Å². The first-order chi connectivity index (χ1) is 8.74. The van der Waals surface area contributed by atoms with Crippen molar-refractivity contribution >= 4 is 12.1 Å². The van der Waals surface area contributed by atoms with Crippen molar-refractivity contribution < 1.29 is 19.4 Å². The van der Waals surface area contributed by atoms with Crippen LogP contribution in [0.3, 0.4) is 0 Å². The van der Waals surface area contributed by atoms with Crippen LogP contribution in [0.5, 0.6) is 0 Å². The first-order valence-corrected chi connectivity index (χ1v) is 6.69. The molecule has 108 valence electrons.